The van der Waals surface area contributed by atoms with Gasteiger partial charge in [0, 0.05) is 5.92 Å². The van der Waals surface area contributed by atoms with E-state index in [1.807, 2.05) is 0 Å². The number of ketones is 1. The zero-order valence-electron chi connectivity index (χ0n) is 24.9. The maximum absolute atomic E-state index is 13.7. The molecule has 1 heteroatoms. The van der Waals surface area contributed by atoms with Crippen LogP contribution in [0.5, 0.6) is 0 Å². The predicted molar refractivity (Wildman–Crippen MR) is 150 cm³/mol. The van der Waals surface area contributed by atoms with Crippen LogP contribution in [0.1, 0.15) is 121 Å². The van der Waals surface area contributed by atoms with Crippen LogP contribution in [0, 0.1) is 63.1 Å². The summed E-state index contributed by atoms with van der Waals surface area (Å²) in [4.78, 5) is 13.7. The summed E-state index contributed by atoms with van der Waals surface area (Å²) in [7, 11) is 0. The van der Waals surface area contributed by atoms with Crippen molar-refractivity contribution < 1.29 is 4.79 Å². The van der Waals surface area contributed by atoms with E-state index in [2.05, 4.69) is 81.9 Å². The molecule has 0 bridgehead atoms. The molecule has 35 heavy (non-hydrogen) atoms. The molecule has 4 rings (SSSR count). The van der Waals surface area contributed by atoms with E-state index in [1.54, 1.807) is 5.57 Å². The van der Waals surface area contributed by atoms with E-state index in [-0.39, 0.29) is 22.2 Å². The third-order valence-corrected chi connectivity index (χ3v) is 13.5. The largest absolute Gasteiger partial charge is 0.295 e. The lowest BCUT2D eigenvalue weighted by Crippen LogP contribution is -2.56. The summed E-state index contributed by atoms with van der Waals surface area (Å²) >= 11 is 0. The lowest BCUT2D eigenvalue weighted by molar-refractivity contribution is -0.134. The molecule has 0 heterocycles. The Morgan fingerprint density at radius 3 is 2.37 bits per heavy atom. The van der Waals surface area contributed by atoms with Crippen LogP contribution in [-0.4, -0.2) is 5.78 Å². The first-order chi connectivity index (χ1) is 16.1. The first kappa shape index (κ1) is 27.2. The van der Waals surface area contributed by atoms with Crippen LogP contribution in [0.4, 0.5) is 0 Å². The van der Waals surface area contributed by atoms with Crippen molar-refractivity contribution in [2.24, 2.45) is 63.1 Å². The molecule has 3 fully saturated rings. The number of carbonyl (C=O) groups is 1. The molecule has 3 saturated carbocycles. The van der Waals surface area contributed by atoms with Crippen LogP contribution in [0.3, 0.4) is 0 Å². The summed E-state index contributed by atoms with van der Waals surface area (Å²) in [6, 6.07) is 0. The molecule has 0 aliphatic heterocycles. The summed E-state index contributed by atoms with van der Waals surface area (Å²) < 4.78 is 0. The van der Waals surface area contributed by atoms with Gasteiger partial charge in [0.25, 0.3) is 0 Å². The highest BCUT2D eigenvalue weighted by Crippen LogP contribution is 2.72. The van der Waals surface area contributed by atoms with Crippen molar-refractivity contribution in [1.82, 2.24) is 0 Å². The van der Waals surface area contributed by atoms with E-state index in [1.165, 1.54) is 50.5 Å². The molecule has 0 aromatic rings. The fraction of sp³-hybridized carbons (Fsp3) is 0.853. The summed E-state index contributed by atoms with van der Waals surface area (Å²) in [6.07, 6.45) is 12.3. The van der Waals surface area contributed by atoms with E-state index in [0.717, 1.165) is 30.1 Å². The van der Waals surface area contributed by atoms with Gasteiger partial charge in [-0.3, -0.25) is 4.79 Å². The van der Waals surface area contributed by atoms with E-state index in [9.17, 15) is 4.79 Å². The minimum Gasteiger partial charge on any atom is -0.295 e. The monoisotopic (exact) mass is 480 g/mol. The van der Waals surface area contributed by atoms with Crippen LogP contribution in [-0.2, 0) is 4.79 Å². The number of hydrogen-bond acceptors (Lipinski definition) is 1. The highest BCUT2D eigenvalue weighted by molar-refractivity contribution is 5.94. The molecule has 198 valence electrons. The van der Waals surface area contributed by atoms with Gasteiger partial charge in [-0.25, -0.2) is 0 Å². The molecule has 0 saturated heterocycles. The molecular formula is C34H56O. The van der Waals surface area contributed by atoms with Gasteiger partial charge >= 0.3 is 0 Å². The molecule has 1 unspecified atom stereocenters. The quantitative estimate of drug-likeness (QED) is 0.346. The molecule has 1 nitrogen and oxygen atoms in total. The van der Waals surface area contributed by atoms with Crippen LogP contribution >= 0.6 is 0 Å². The fourth-order valence-corrected chi connectivity index (χ4v) is 9.62. The van der Waals surface area contributed by atoms with Crippen molar-refractivity contribution in [2.75, 3.05) is 0 Å². The SMILES string of the molecule is C=C(C)C(C)(C)CC[C@@H](C)[C@@H](C)[C@H]1CC[C@@]2(C)C3=CC(=O)[C@@H]4C[C@@H](C)[C@@H](C)C[C@]4(C)C3CC[C@]12C. The van der Waals surface area contributed by atoms with Crippen molar-refractivity contribution >= 4 is 5.78 Å². The predicted octanol–water partition coefficient (Wildman–Crippen LogP) is 9.67. The third-order valence-electron chi connectivity index (χ3n) is 13.5. The van der Waals surface area contributed by atoms with Crippen LogP contribution in [0.25, 0.3) is 0 Å². The van der Waals surface area contributed by atoms with E-state index < -0.39 is 0 Å². The van der Waals surface area contributed by atoms with Crippen LogP contribution < -0.4 is 0 Å². The minimum atomic E-state index is 0.169. The number of fused-ring (bicyclic) bond motifs is 5. The second kappa shape index (κ2) is 8.87. The molecule has 0 N–H and O–H groups in total. The van der Waals surface area contributed by atoms with Crippen molar-refractivity contribution in [2.45, 2.75) is 121 Å². The maximum Gasteiger partial charge on any atom is 0.159 e. The average molecular weight is 481 g/mol. The zero-order valence-corrected chi connectivity index (χ0v) is 24.9. The van der Waals surface area contributed by atoms with Crippen molar-refractivity contribution in [3.63, 3.8) is 0 Å². The fourth-order valence-electron chi connectivity index (χ4n) is 9.62. The van der Waals surface area contributed by atoms with Crippen LogP contribution in [0.15, 0.2) is 23.8 Å². The Balaban J connectivity index is 1.59. The van der Waals surface area contributed by atoms with Gasteiger partial charge in [-0.05, 0) is 122 Å². The number of allylic oxidation sites excluding steroid dienone is 3. The minimum absolute atomic E-state index is 0.169. The Bertz CT molecular complexity index is 892. The topological polar surface area (TPSA) is 17.1 Å². The molecule has 10 atom stereocenters. The molecule has 4 aliphatic carbocycles. The van der Waals surface area contributed by atoms with Gasteiger partial charge in [-0.1, -0.05) is 80.0 Å². The second-order valence-corrected chi connectivity index (χ2v) is 15.5. The van der Waals surface area contributed by atoms with Crippen molar-refractivity contribution in [3.8, 4) is 0 Å². The van der Waals surface area contributed by atoms with Gasteiger partial charge in [-0.15, -0.1) is 0 Å². The molecular weight excluding hydrogens is 424 g/mol. The van der Waals surface area contributed by atoms with Gasteiger partial charge in [-0.2, -0.15) is 0 Å². The average Bonchev–Trinajstić information content (AvgIpc) is 3.05. The van der Waals surface area contributed by atoms with Crippen molar-refractivity contribution in [1.29, 1.82) is 0 Å². The molecule has 0 aromatic heterocycles. The van der Waals surface area contributed by atoms with Gasteiger partial charge < -0.3 is 0 Å². The number of hydrogen-bond donors (Lipinski definition) is 0. The summed E-state index contributed by atoms with van der Waals surface area (Å²) in [5, 5.41) is 0. The van der Waals surface area contributed by atoms with Crippen LogP contribution in [0.2, 0.25) is 0 Å². The summed E-state index contributed by atoms with van der Waals surface area (Å²) in [6.45, 7) is 28.7. The van der Waals surface area contributed by atoms with Crippen molar-refractivity contribution in [3.05, 3.63) is 23.8 Å². The lowest BCUT2D eigenvalue weighted by atomic mass is 9.42. The lowest BCUT2D eigenvalue weighted by Gasteiger charge is -2.61. The van der Waals surface area contributed by atoms with Gasteiger partial charge in [0.1, 0.15) is 0 Å². The van der Waals surface area contributed by atoms with Gasteiger partial charge in [0.05, 0.1) is 0 Å². The number of rotatable bonds is 6. The van der Waals surface area contributed by atoms with Gasteiger partial charge in [0.2, 0.25) is 0 Å². The normalized spacial score (nSPS) is 45.1. The van der Waals surface area contributed by atoms with E-state index in [0.29, 0.717) is 23.0 Å². The first-order valence-electron chi connectivity index (χ1n) is 15.0. The Kier molecular flexibility index (Phi) is 6.89. The Morgan fingerprint density at radius 2 is 1.74 bits per heavy atom. The Morgan fingerprint density at radius 1 is 1.09 bits per heavy atom. The first-order valence-corrected chi connectivity index (χ1v) is 15.0. The molecule has 0 radical (unpaired) electrons. The zero-order chi connectivity index (χ0) is 26.1. The maximum atomic E-state index is 13.7. The molecule has 0 aromatic carbocycles. The smallest absolute Gasteiger partial charge is 0.159 e. The number of carbonyl (C=O) groups excluding carboxylic acids is 1. The Labute approximate surface area is 218 Å². The summed E-state index contributed by atoms with van der Waals surface area (Å²) in [5.41, 5.74) is 3.77. The van der Waals surface area contributed by atoms with E-state index in [4.69, 9.17) is 0 Å². The highest BCUT2D eigenvalue weighted by Gasteiger charge is 2.65. The molecule has 0 amide bonds. The second-order valence-electron chi connectivity index (χ2n) is 15.5. The van der Waals surface area contributed by atoms with E-state index >= 15 is 0 Å². The molecule has 0 spiro atoms. The Hall–Kier alpha value is -0.850. The standard InChI is InChI=1S/C34H56O/c1-21(2)31(7,8)15-12-22(3)25(6)26-13-16-34(11)28-19-30(35)29-18-23(4)24(5)20-32(29,9)27(28)14-17-33(26,34)10/h19,22-27,29H,1,12-18,20H2,2-11H3/t22-,23-,24+,25-,26-,27?,29+,32-,33-,34+/m1/s1. The summed E-state index contributed by atoms with van der Waals surface area (Å²) in [5.74, 6) is 4.93. The highest BCUT2D eigenvalue weighted by atomic mass is 16.1. The third kappa shape index (κ3) is 4.05. The molecule has 4 aliphatic rings. The van der Waals surface area contributed by atoms with Gasteiger partial charge in [0.15, 0.2) is 5.78 Å².